The molecule has 0 saturated carbocycles. The molecule has 0 aromatic carbocycles. The molecule has 1 rings (SSSR count). The molecule has 3 N–H and O–H groups in total. The van der Waals surface area contributed by atoms with Crippen molar-refractivity contribution in [3.63, 3.8) is 0 Å². The quantitative estimate of drug-likeness (QED) is 0.455. The van der Waals surface area contributed by atoms with Crippen LogP contribution in [-0.4, -0.2) is 42.3 Å². The Hall–Kier alpha value is 0.0743. The Morgan fingerprint density at radius 3 is 1.25 bits per heavy atom. The third-order valence-corrected chi connectivity index (χ3v) is 0.586. The van der Waals surface area contributed by atoms with Gasteiger partial charge in [-0.05, 0) is 42.3 Å². The maximum absolute atomic E-state index is 2.99. The largest absolute Gasteiger partial charge is 2.00 e. The molecule has 0 aromatic heterocycles. The minimum absolute atomic E-state index is 0. The smallest absolute Gasteiger partial charge is 0.358 e. The Morgan fingerprint density at radius 2 is 1.19 bits per heavy atom. The predicted octanol–water partition coefficient (Wildman–Crippen LogP) is 1.26. The van der Waals surface area contributed by atoms with Crippen molar-refractivity contribution in [2.24, 2.45) is 0 Å². The summed E-state index contributed by atoms with van der Waals surface area (Å²) in [7, 11) is 11.2. The van der Waals surface area contributed by atoms with Gasteiger partial charge in [0.2, 0.25) is 0 Å². The van der Waals surface area contributed by atoms with Crippen LogP contribution in [0.1, 0.15) is 6.42 Å². The molecule has 0 aliphatic heterocycles. The molecule has 0 atom stereocenters. The van der Waals surface area contributed by atoms with Crippen LogP contribution >= 0.6 is 0 Å². The Morgan fingerprint density at radius 1 is 0.875 bits per heavy atom. The summed E-state index contributed by atoms with van der Waals surface area (Å²) in [5.41, 5.74) is 0. The fourth-order valence-electron chi connectivity index (χ4n) is 0.340. The molecule has 0 radical (unpaired) electrons. The molecule has 0 fully saturated rings. The first-order valence-corrected chi connectivity index (χ1v) is 4.72. The molecule has 0 saturated heterocycles. The van der Waals surface area contributed by atoms with E-state index in [2.05, 4.69) is 28.1 Å². The van der Waals surface area contributed by atoms with Crippen molar-refractivity contribution in [1.29, 1.82) is 0 Å². The van der Waals surface area contributed by atoms with Crippen molar-refractivity contribution in [3.8, 4) is 0 Å². The molecule has 1 aliphatic carbocycles. The number of allylic oxidation sites excluding steroid dienone is 4. The monoisotopic (exact) mass is 263 g/mol. The van der Waals surface area contributed by atoms with Gasteiger partial charge >= 0.3 is 21.7 Å². The molecule has 1 aliphatic rings. The standard InChI is InChI=1S/C5H5.3C2H7N.CH3.Ti/c1-2-4-5-3-1;3*1-3-2;;/h1-3H,4H2;3*3H,1-2H3;1H3;/q-1;;;;-1;+2. The molecule has 96 valence electrons. The number of hydrogen-bond donors (Lipinski definition) is 3. The molecule has 3 nitrogen and oxygen atoms in total. The molecular formula is C12H29N3Ti. The van der Waals surface area contributed by atoms with E-state index in [1.807, 2.05) is 54.4 Å². The first-order chi connectivity index (χ1) is 6.74. The van der Waals surface area contributed by atoms with E-state index in [4.69, 9.17) is 0 Å². The summed E-state index contributed by atoms with van der Waals surface area (Å²) >= 11 is 0. The molecule has 0 aromatic rings. The first-order valence-electron chi connectivity index (χ1n) is 4.72. The van der Waals surface area contributed by atoms with Crippen LogP contribution in [0.25, 0.3) is 0 Å². The topological polar surface area (TPSA) is 36.1 Å². The molecule has 16 heavy (non-hydrogen) atoms. The zero-order valence-corrected chi connectivity index (χ0v) is 13.5. The Bertz CT molecular complexity index is 100. The average molecular weight is 263 g/mol. The van der Waals surface area contributed by atoms with Crippen molar-refractivity contribution in [2.45, 2.75) is 6.42 Å². The first kappa shape index (κ1) is 29.8. The molecule has 0 amide bonds. The predicted molar refractivity (Wildman–Crippen MR) is 72.9 cm³/mol. The molecular weight excluding hydrogens is 234 g/mol. The van der Waals surface area contributed by atoms with Gasteiger partial charge < -0.3 is 23.4 Å². The van der Waals surface area contributed by atoms with Gasteiger partial charge in [0, 0.05) is 0 Å². The normalized spacial score (nSPS) is 8.88. The van der Waals surface area contributed by atoms with Crippen molar-refractivity contribution >= 4 is 0 Å². The summed E-state index contributed by atoms with van der Waals surface area (Å²) in [5.74, 6) is 0. The number of hydrogen-bond acceptors (Lipinski definition) is 3. The maximum atomic E-state index is 2.99. The second-order valence-electron chi connectivity index (χ2n) is 2.50. The maximum Gasteiger partial charge on any atom is 2.00 e. The van der Waals surface area contributed by atoms with Crippen LogP contribution in [0.3, 0.4) is 0 Å². The van der Waals surface area contributed by atoms with E-state index in [-0.39, 0.29) is 29.1 Å². The SMILES string of the molecule is CNC.CNC.CNC.[C-]1=CC=CC1.[CH3-].[Ti+2]. The van der Waals surface area contributed by atoms with Gasteiger partial charge in [-0.15, -0.1) is 6.42 Å². The van der Waals surface area contributed by atoms with Gasteiger partial charge in [0.05, 0.1) is 0 Å². The molecule has 0 heterocycles. The van der Waals surface area contributed by atoms with E-state index in [9.17, 15) is 0 Å². The fourth-order valence-corrected chi connectivity index (χ4v) is 0.340. The number of rotatable bonds is 0. The van der Waals surface area contributed by atoms with Gasteiger partial charge in [-0.1, -0.05) is 0 Å². The van der Waals surface area contributed by atoms with E-state index in [0.717, 1.165) is 6.42 Å². The van der Waals surface area contributed by atoms with Crippen LogP contribution < -0.4 is 16.0 Å². The van der Waals surface area contributed by atoms with E-state index >= 15 is 0 Å². The van der Waals surface area contributed by atoms with Crippen LogP contribution in [0.5, 0.6) is 0 Å². The summed E-state index contributed by atoms with van der Waals surface area (Å²) in [4.78, 5) is 0. The van der Waals surface area contributed by atoms with Gasteiger partial charge in [-0.3, -0.25) is 6.08 Å². The summed E-state index contributed by atoms with van der Waals surface area (Å²) < 4.78 is 0. The van der Waals surface area contributed by atoms with Crippen molar-refractivity contribution in [2.75, 3.05) is 42.3 Å². The second kappa shape index (κ2) is 45.8. The van der Waals surface area contributed by atoms with Crippen molar-refractivity contribution < 1.29 is 21.7 Å². The summed E-state index contributed by atoms with van der Waals surface area (Å²) in [6.07, 6.45) is 10.0. The van der Waals surface area contributed by atoms with Crippen LogP contribution in [0, 0.1) is 13.5 Å². The molecule has 0 bridgehead atoms. The van der Waals surface area contributed by atoms with E-state index in [1.165, 1.54) is 0 Å². The van der Waals surface area contributed by atoms with E-state index in [0.29, 0.717) is 0 Å². The van der Waals surface area contributed by atoms with Crippen LogP contribution in [0.15, 0.2) is 18.2 Å². The van der Waals surface area contributed by atoms with Crippen molar-refractivity contribution in [1.82, 2.24) is 16.0 Å². The van der Waals surface area contributed by atoms with Crippen LogP contribution in [0.4, 0.5) is 0 Å². The summed E-state index contributed by atoms with van der Waals surface area (Å²) in [6.45, 7) is 0. The average Bonchev–Trinajstić information content (AvgIpc) is 2.63. The molecule has 0 unspecified atom stereocenters. The minimum atomic E-state index is 0. The zero-order chi connectivity index (χ0) is 11.7. The third-order valence-electron chi connectivity index (χ3n) is 0.586. The summed E-state index contributed by atoms with van der Waals surface area (Å²) in [5, 5.41) is 8.25. The number of nitrogens with one attached hydrogen (secondary N) is 3. The van der Waals surface area contributed by atoms with Gasteiger partial charge in [0.25, 0.3) is 0 Å². The van der Waals surface area contributed by atoms with Gasteiger partial charge in [0.15, 0.2) is 0 Å². The van der Waals surface area contributed by atoms with Gasteiger partial charge in [-0.2, -0.15) is 6.08 Å². The minimum Gasteiger partial charge on any atom is -0.358 e. The summed E-state index contributed by atoms with van der Waals surface area (Å²) in [6, 6.07) is 0. The zero-order valence-electron chi connectivity index (χ0n) is 11.9. The van der Waals surface area contributed by atoms with Crippen molar-refractivity contribution in [3.05, 3.63) is 31.7 Å². The Kier molecular flexibility index (Phi) is 85.3. The van der Waals surface area contributed by atoms with E-state index < -0.39 is 0 Å². The molecule has 0 spiro atoms. The Balaban J connectivity index is -0.0000000336. The van der Waals surface area contributed by atoms with Crippen LogP contribution in [-0.2, 0) is 21.7 Å². The third kappa shape index (κ3) is 93.4. The Labute approximate surface area is 118 Å². The van der Waals surface area contributed by atoms with E-state index in [1.54, 1.807) is 0 Å². The van der Waals surface area contributed by atoms with Gasteiger partial charge in [0.1, 0.15) is 0 Å². The molecule has 4 heteroatoms. The van der Waals surface area contributed by atoms with Gasteiger partial charge in [-0.25, -0.2) is 12.2 Å². The second-order valence-corrected chi connectivity index (χ2v) is 2.50. The van der Waals surface area contributed by atoms with Crippen LogP contribution in [0.2, 0.25) is 0 Å². The fraction of sp³-hybridized carbons (Fsp3) is 0.583.